The highest BCUT2D eigenvalue weighted by molar-refractivity contribution is 5.96. The normalized spacial score (nSPS) is 11.4. The highest BCUT2D eigenvalue weighted by Gasteiger charge is 2.19. The van der Waals surface area contributed by atoms with Gasteiger partial charge in [0.25, 0.3) is 11.6 Å². The van der Waals surface area contributed by atoms with Gasteiger partial charge in [0.15, 0.2) is 11.9 Å². The van der Waals surface area contributed by atoms with Gasteiger partial charge >= 0.3 is 0 Å². The molecule has 0 aliphatic heterocycles. The number of benzene rings is 2. The van der Waals surface area contributed by atoms with Crippen LogP contribution in [-0.4, -0.2) is 22.7 Å². The molecule has 2 rings (SSSR count). The maximum Gasteiger partial charge on any atom is 0.292 e. The van der Waals surface area contributed by atoms with E-state index in [1.807, 2.05) is 0 Å². The van der Waals surface area contributed by atoms with Crippen molar-refractivity contribution in [2.45, 2.75) is 20.0 Å². The number of nitro benzene ring substituents is 1. The number of rotatable bonds is 6. The lowest BCUT2D eigenvalue weighted by Crippen LogP contribution is -2.30. The van der Waals surface area contributed by atoms with Gasteiger partial charge in [0, 0.05) is 11.6 Å². The second kappa shape index (κ2) is 7.36. The van der Waals surface area contributed by atoms with E-state index in [9.17, 15) is 19.7 Å². The van der Waals surface area contributed by atoms with E-state index in [2.05, 4.69) is 5.32 Å². The van der Waals surface area contributed by atoms with Crippen molar-refractivity contribution in [2.24, 2.45) is 0 Å². The van der Waals surface area contributed by atoms with Gasteiger partial charge < -0.3 is 10.1 Å². The summed E-state index contributed by atoms with van der Waals surface area (Å²) in [5.74, 6) is -0.158. The number of Topliss-reactive ketones (excluding diaryl/α,β-unsaturated/α-hetero) is 1. The summed E-state index contributed by atoms with van der Waals surface area (Å²) >= 11 is 0. The van der Waals surface area contributed by atoms with Crippen molar-refractivity contribution < 1.29 is 19.2 Å². The molecule has 0 unspecified atom stereocenters. The van der Waals surface area contributed by atoms with E-state index in [0.29, 0.717) is 11.3 Å². The lowest BCUT2D eigenvalue weighted by atomic mass is 10.1. The number of amides is 1. The van der Waals surface area contributed by atoms with Gasteiger partial charge in [-0.1, -0.05) is 12.1 Å². The molecule has 0 saturated carbocycles. The molecule has 2 aromatic rings. The van der Waals surface area contributed by atoms with Gasteiger partial charge in [-0.3, -0.25) is 19.7 Å². The van der Waals surface area contributed by atoms with Gasteiger partial charge in [0.05, 0.1) is 4.92 Å². The van der Waals surface area contributed by atoms with Crippen LogP contribution >= 0.6 is 0 Å². The van der Waals surface area contributed by atoms with E-state index in [0.717, 1.165) is 0 Å². The first-order chi connectivity index (χ1) is 11.4. The van der Waals surface area contributed by atoms with Crippen LogP contribution < -0.4 is 10.1 Å². The lowest BCUT2D eigenvalue weighted by molar-refractivity contribution is -0.383. The van der Waals surface area contributed by atoms with Crippen molar-refractivity contribution in [2.75, 3.05) is 5.32 Å². The number of hydrogen-bond acceptors (Lipinski definition) is 5. The second-order valence-electron chi connectivity index (χ2n) is 5.10. The third kappa shape index (κ3) is 4.16. The van der Waals surface area contributed by atoms with E-state index in [1.54, 1.807) is 30.3 Å². The number of ketones is 1. The number of hydrogen-bond donors (Lipinski definition) is 1. The second-order valence-corrected chi connectivity index (χ2v) is 5.10. The Morgan fingerprint density at radius 2 is 1.75 bits per heavy atom. The molecule has 0 aliphatic carbocycles. The first kappa shape index (κ1) is 17.1. The van der Waals surface area contributed by atoms with Crippen molar-refractivity contribution in [3.8, 4) is 5.75 Å². The van der Waals surface area contributed by atoms with Gasteiger partial charge in [-0.25, -0.2) is 0 Å². The standard InChI is InChI=1S/C17H16N2O5/c1-11(20)13-7-9-14(10-8-13)24-12(2)17(21)18-15-5-3-4-6-16(15)19(22)23/h3-10,12H,1-2H3,(H,18,21)/t12-/m1/s1. The molecule has 0 heterocycles. The largest absolute Gasteiger partial charge is 0.481 e. The molecule has 1 amide bonds. The molecule has 0 bridgehead atoms. The zero-order chi connectivity index (χ0) is 17.7. The fraction of sp³-hybridized carbons (Fsp3) is 0.176. The Morgan fingerprint density at radius 1 is 1.12 bits per heavy atom. The lowest BCUT2D eigenvalue weighted by Gasteiger charge is -2.15. The molecule has 2 aromatic carbocycles. The first-order valence-corrected chi connectivity index (χ1v) is 7.20. The van der Waals surface area contributed by atoms with Crippen LogP contribution in [0.2, 0.25) is 0 Å². The minimum Gasteiger partial charge on any atom is -0.481 e. The Morgan fingerprint density at radius 3 is 2.33 bits per heavy atom. The summed E-state index contributed by atoms with van der Waals surface area (Å²) in [6, 6.07) is 12.2. The predicted octanol–water partition coefficient (Wildman–Crippen LogP) is 3.20. The summed E-state index contributed by atoms with van der Waals surface area (Å²) in [7, 11) is 0. The van der Waals surface area contributed by atoms with Crippen molar-refractivity contribution in [1.82, 2.24) is 0 Å². The molecular weight excluding hydrogens is 312 g/mol. The molecule has 7 nitrogen and oxygen atoms in total. The summed E-state index contributed by atoms with van der Waals surface area (Å²) in [5.41, 5.74) is 0.457. The number of nitrogens with zero attached hydrogens (tertiary/aromatic N) is 1. The monoisotopic (exact) mass is 328 g/mol. The Bertz CT molecular complexity index is 771. The highest BCUT2D eigenvalue weighted by atomic mass is 16.6. The van der Waals surface area contributed by atoms with Gasteiger partial charge in [-0.05, 0) is 44.2 Å². The topological polar surface area (TPSA) is 98.5 Å². The predicted molar refractivity (Wildman–Crippen MR) is 88.3 cm³/mol. The van der Waals surface area contributed by atoms with Gasteiger partial charge in [0.1, 0.15) is 11.4 Å². The maximum atomic E-state index is 12.2. The molecule has 124 valence electrons. The SMILES string of the molecule is CC(=O)c1ccc(O[C@H](C)C(=O)Nc2ccccc2[N+](=O)[O-])cc1. The minimum absolute atomic E-state index is 0.0660. The molecular formula is C17H16N2O5. The van der Waals surface area contributed by atoms with Gasteiger partial charge in [0.2, 0.25) is 0 Å². The zero-order valence-electron chi connectivity index (χ0n) is 13.2. The fourth-order valence-electron chi connectivity index (χ4n) is 2.00. The van der Waals surface area contributed by atoms with Crippen molar-refractivity contribution in [1.29, 1.82) is 0 Å². The number of nitro groups is 1. The van der Waals surface area contributed by atoms with Crippen LogP contribution in [0.15, 0.2) is 48.5 Å². The van der Waals surface area contributed by atoms with Gasteiger partial charge in [-0.2, -0.15) is 0 Å². The summed E-state index contributed by atoms with van der Waals surface area (Å²) < 4.78 is 5.49. The van der Waals surface area contributed by atoms with Crippen LogP contribution in [0, 0.1) is 10.1 Å². The molecule has 7 heteroatoms. The summed E-state index contributed by atoms with van der Waals surface area (Å²) in [4.78, 5) is 33.7. The summed E-state index contributed by atoms with van der Waals surface area (Å²) in [5, 5.41) is 13.4. The molecule has 0 fully saturated rings. The van der Waals surface area contributed by atoms with Crippen LogP contribution in [0.1, 0.15) is 24.2 Å². The van der Waals surface area contributed by atoms with Gasteiger partial charge in [-0.15, -0.1) is 0 Å². The third-order valence-electron chi connectivity index (χ3n) is 3.30. The van der Waals surface area contributed by atoms with E-state index >= 15 is 0 Å². The smallest absolute Gasteiger partial charge is 0.292 e. The van der Waals surface area contributed by atoms with Crippen LogP contribution in [0.3, 0.4) is 0 Å². The molecule has 0 aromatic heterocycles. The average molecular weight is 328 g/mol. The Hall–Kier alpha value is -3.22. The molecule has 24 heavy (non-hydrogen) atoms. The Kier molecular flexibility index (Phi) is 5.26. The number of carbonyl (C=O) groups is 2. The Balaban J connectivity index is 2.05. The van der Waals surface area contributed by atoms with Crippen molar-refractivity contribution in [3.63, 3.8) is 0 Å². The van der Waals surface area contributed by atoms with Crippen molar-refractivity contribution >= 4 is 23.1 Å². The quantitative estimate of drug-likeness (QED) is 0.499. The molecule has 0 aliphatic rings. The van der Waals surface area contributed by atoms with Crippen LogP contribution in [0.25, 0.3) is 0 Å². The van der Waals surface area contributed by atoms with E-state index in [-0.39, 0.29) is 17.2 Å². The fourth-order valence-corrected chi connectivity index (χ4v) is 2.00. The third-order valence-corrected chi connectivity index (χ3v) is 3.30. The molecule has 1 atom stereocenters. The maximum absolute atomic E-state index is 12.2. The van der Waals surface area contributed by atoms with E-state index < -0.39 is 16.9 Å². The number of ether oxygens (including phenoxy) is 1. The average Bonchev–Trinajstić information content (AvgIpc) is 2.55. The van der Waals surface area contributed by atoms with E-state index in [4.69, 9.17) is 4.74 Å². The Labute approximate surface area is 138 Å². The van der Waals surface area contributed by atoms with Crippen molar-refractivity contribution in [3.05, 3.63) is 64.2 Å². The summed E-state index contributed by atoms with van der Waals surface area (Å²) in [6.07, 6.45) is -0.868. The number of anilines is 1. The van der Waals surface area contributed by atoms with Crippen LogP contribution in [0.5, 0.6) is 5.75 Å². The molecule has 0 radical (unpaired) electrons. The molecule has 0 spiro atoms. The molecule has 0 saturated heterocycles. The van der Waals surface area contributed by atoms with E-state index in [1.165, 1.54) is 32.0 Å². The minimum atomic E-state index is -0.868. The zero-order valence-corrected chi connectivity index (χ0v) is 13.2. The highest BCUT2D eigenvalue weighted by Crippen LogP contribution is 2.23. The molecule has 1 N–H and O–H groups in total. The van der Waals surface area contributed by atoms with Crippen LogP contribution in [0.4, 0.5) is 11.4 Å². The first-order valence-electron chi connectivity index (χ1n) is 7.20. The summed E-state index contributed by atoms with van der Waals surface area (Å²) in [6.45, 7) is 2.99. The van der Waals surface area contributed by atoms with Crippen LogP contribution in [-0.2, 0) is 4.79 Å². The number of para-hydroxylation sites is 2. The number of carbonyl (C=O) groups excluding carboxylic acids is 2. The number of nitrogens with one attached hydrogen (secondary N) is 1.